The highest BCUT2D eigenvalue weighted by Crippen LogP contribution is 2.49. The molecule has 1 unspecified atom stereocenters. The lowest BCUT2D eigenvalue weighted by atomic mass is 9.69. The van der Waals surface area contributed by atoms with Gasteiger partial charge in [-0.3, -0.25) is 4.90 Å². The average Bonchev–Trinajstić information content (AvgIpc) is 2.62. The van der Waals surface area contributed by atoms with E-state index in [1.54, 1.807) is 0 Å². The van der Waals surface area contributed by atoms with Gasteiger partial charge in [0, 0.05) is 36.9 Å². The molecule has 4 saturated heterocycles. The van der Waals surface area contributed by atoms with Crippen LogP contribution in [0.4, 0.5) is 0 Å². The van der Waals surface area contributed by atoms with Gasteiger partial charge in [-0.05, 0) is 44.1 Å². The Morgan fingerprint density at radius 2 is 1.83 bits per heavy atom. The second-order valence-electron chi connectivity index (χ2n) is 8.80. The minimum atomic E-state index is 0.162. The molecular weight excluding hydrogens is 296 g/mol. The predicted molar refractivity (Wildman–Crippen MR) is 96.1 cm³/mol. The molecular formula is C21H30N2O. The van der Waals surface area contributed by atoms with Crippen molar-refractivity contribution in [2.75, 3.05) is 19.6 Å². The molecule has 1 aromatic rings. The van der Waals surface area contributed by atoms with Gasteiger partial charge in [-0.1, -0.05) is 30.3 Å². The Balaban J connectivity index is 1.45. The molecule has 4 fully saturated rings. The first-order chi connectivity index (χ1) is 11.7. The zero-order valence-electron chi connectivity index (χ0n) is 14.6. The van der Waals surface area contributed by atoms with Crippen molar-refractivity contribution < 1.29 is 4.65 Å². The Morgan fingerprint density at radius 1 is 0.958 bits per heavy atom. The average molecular weight is 326 g/mol. The molecule has 4 aliphatic heterocycles. The normalized spacial score (nSPS) is 45.3. The first-order valence-electron chi connectivity index (χ1n) is 10.1. The SMILES string of the molecule is [O-][N+]12CCCC[C@@H]1[C@H]1C[C@H](C2)[C@@H]2CCC[C@@H](c3ccccc3)N2C1. The summed E-state index contributed by atoms with van der Waals surface area (Å²) in [6.45, 7) is 2.98. The van der Waals surface area contributed by atoms with Crippen LogP contribution in [0, 0.1) is 17.0 Å². The minimum absolute atomic E-state index is 0.162. The number of piperidine rings is 4. The molecule has 1 aromatic carbocycles. The largest absolute Gasteiger partial charge is 0.633 e. The number of hydrogen-bond donors (Lipinski definition) is 0. The molecule has 0 N–H and O–H groups in total. The van der Waals surface area contributed by atoms with Crippen LogP contribution in [0.25, 0.3) is 0 Å². The minimum Gasteiger partial charge on any atom is -0.633 e. The van der Waals surface area contributed by atoms with E-state index in [2.05, 4.69) is 35.2 Å². The van der Waals surface area contributed by atoms with Crippen molar-refractivity contribution >= 4 is 0 Å². The van der Waals surface area contributed by atoms with Crippen LogP contribution in [-0.4, -0.2) is 41.3 Å². The van der Waals surface area contributed by atoms with Crippen molar-refractivity contribution in [3.8, 4) is 0 Å². The zero-order valence-corrected chi connectivity index (χ0v) is 14.6. The van der Waals surface area contributed by atoms with Gasteiger partial charge >= 0.3 is 0 Å². The smallest absolute Gasteiger partial charge is 0.0928 e. The monoisotopic (exact) mass is 326 g/mol. The number of quaternary nitrogens is 1. The summed E-state index contributed by atoms with van der Waals surface area (Å²) >= 11 is 0. The van der Waals surface area contributed by atoms with E-state index in [4.69, 9.17) is 0 Å². The van der Waals surface area contributed by atoms with Crippen molar-refractivity contribution in [3.05, 3.63) is 41.1 Å². The quantitative estimate of drug-likeness (QED) is 0.574. The van der Waals surface area contributed by atoms with E-state index < -0.39 is 0 Å². The van der Waals surface area contributed by atoms with Gasteiger partial charge in [0.2, 0.25) is 0 Å². The standard InChI is InChI=1S/C21H30N2O/c24-23-12-5-4-11-21(23)17-13-18(15-23)20-10-6-9-19(22(20)14-17)16-7-2-1-3-8-16/h1-3,7-8,17-21H,4-6,9-15H2/t17-,18+,19-,20-,21+,23?/m0/s1. The number of hydrogen-bond acceptors (Lipinski definition) is 2. The summed E-state index contributed by atoms with van der Waals surface area (Å²) in [7, 11) is 0. The summed E-state index contributed by atoms with van der Waals surface area (Å²) in [4.78, 5) is 2.83. The Morgan fingerprint density at radius 3 is 2.71 bits per heavy atom. The van der Waals surface area contributed by atoms with Gasteiger partial charge in [0.1, 0.15) is 0 Å². The number of fused-ring (bicyclic) bond motifs is 6. The molecule has 130 valence electrons. The number of benzene rings is 1. The van der Waals surface area contributed by atoms with Crippen LogP contribution in [0.1, 0.15) is 56.6 Å². The van der Waals surface area contributed by atoms with Crippen LogP contribution in [0.2, 0.25) is 0 Å². The molecule has 3 heteroatoms. The lowest BCUT2D eigenvalue weighted by Gasteiger charge is -2.64. The van der Waals surface area contributed by atoms with Gasteiger partial charge in [0.15, 0.2) is 0 Å². The van der Waals surface area contributed by atoms with E-state index in [1.165, 1.54) is 50.6 Å². The molecule has 24 heavy (non-hydrogen) atoms. The fraction of sp³-hybridized carbons (Fsp3) is 0.714. The molecule has 0 radical (unpaired) electrons. The Hall–Kier alpha value is -0.900. The van der Waals surface area contributed by atoms with Crippen LogP contribution in [0.3, 0.4) is 0 Å². The first-order valence-corrected chi connectivity index (χ1v) is 10.1. The van der Waals surface area contributed by atoms with Gasteiger partial charge in [0.05, 0.1) is 19.1 Å². The summed E-state index contributed by atoms with van der Waals surface area (Å²) in [6.07, 6.45) is 8.86. The third kappa shape index (κ3) is 2.36. The fourth-order valence-corrected chi connectivity index (χ4v) is 6.63. The molecule has 0 saturated carbocycles. The maximum Gasteiger partial charge on any atom is 0.0928 e. The van der Waals surface area contributed by atoms with E-state index in [9.17, 15) is 5.21 Å². The Bertz CT molecular complexity index is 591. The zero-order chi connectivity index (χ0) is 16.1. The summed E-state index contributed by atoms with van der Waals surface area (Å²) in [5.74, 6) is 1.28. The molecule has 5 rings (SSSR count). The summed E-state index contributed by atoms with van der Waals surface area (Å²) in [5, 5.41) is 13.5. The molecule has 4 heterocycles. The number of rotatable bonds is 1. The second kappa shape index (κ2) is 5.82. The summed E-state index contributed by atoms with van der Waals surface area (Å²) in [5.41, 5.74) is 1.49. The van der Waals surface area contributed by atoms with E-state index in [-0.39, 0.29) is 4.65 Å². The fourth-order valence-electron chi connectivity index (χ4n) is 6.63. The van der Waals surface area contributed by atoms with Crippen molar-refractivity contribution in [2.45, 2.75) is 63.1 Å². The summed E-state index contributed by atoms with van der Waals surface area (Å²) < 4.78 is 0.162. The molecule has 0 amide bonds. The van der Waals surface area contributed by atoms with Crippen molar-refractivity contribution in [2.24, 2.45) is 11.8 Å². The van der Waals surface area contributed by atoms with Crippen LogP contribution >= 0.6 is 0 Å². The summed E-state index contributed by atoms with van der Waals surface area (Å²) in [6, 6.07) is 12.8. The van der Waals surface area contributed by atoms with Crippen molar-refractivity contribution in [1.29, 1.82) is 0 Å². The maximum atomic E-state index is 13.5. The van der Waals surface area contributed by atoms with Crippen molar-refractivity contribution in [1.82, 2.24) is 4.90 Å². The molecule has 0 aromatic heterocycles. The van der Waals surface area contributed by atoms with Crippen LogP contribution in [0.5, 0.6) is 0 Å². The van der Waals surface area contributed by atoms with Gasteiger partial charge < -0.3 is 9.85 Å². The second-order valence-corrected chi connectivity index (χ2v) is 8.80. The van der Waals surface area contributed by atoms with Crippen molar-refractivity contribution in [3.63, 3.8) is 0 Å². The predicted octanol–water partition coefficient (Wildman–Crippen LogP) is 4.10. The van der Waals surface area contributed by atoms with E-state index in [1.807, 2.05) is 0 Å². The highest BCUT2D eigenvalue weighted by atomic mass is 16.5. The maximum absolute atomic E-state index is 13.5. The lowest BCUT2D eigenvalue weighted by molar-refractivity contribution is -0.925. The Labute approximate surface area is 145 Å². The molecule has 4 aliphatic rings. The molecule has 3 nitrogen and oxygen atoms in total. The van der Waals surface area contributed by atoms with Gasteiger partial charge in [-0.15, -0.1) is 0 Å². The van der Waals surface area contributed by atoms with Gasteiger partial charge in [0.25, 0.3) is 0 Å². The highest BCUT2D eigenvalue weighted by molar-refractivity contribution is 5.20. The third-order valence-corrected chi connectivity index (χ3v) is 7.56. The highest BCUT2D eigenvalue weighted by Gasteiger charge is 2.53. The molecule has 0 aliphatic carbocycles. The molecule has 0 spiro atoms. The van der Waals surface area contributed by atoms with Crippen LogP contribution in [-0.2, 0) is 0 Å². The lowest BCUT2D eigenvalue weighted by Crippen LogP contribution is -2.69. The van der Waals surface area contributed by atoms with E-state index in [0.717, 1.165) is 19.5 Å². The Kier molecular flexibility index (Phi) is 3.73. The first kappa shape index (κ1) is 15.4. The number of nitrogens with zero attached hydrogens (tertiary/aromatic N) is 2. The van der Waals surface area contributed by atoms with E-state index >= 15 is 0 Å². The molecule has 6 atom stereocenters. The van der Waals surface area contributed by atoms with Gasteiger partial charge in [-0.25, -0.2) is 0 Å². The van der Waals surface area contributed by atoms with Crippen LogP contribution in [0.15, 0.2) is 30.3 Å². The molecule has 2 bridgehead atoms. The topological polar surface area (TPSA) is 26.3 Å². The number of hydroxylamine groups is 3. The van der Waals surface area contributed by atoms with Gasteiger partial charge in [-0.2, -0.15) is 0 Å². The van der Waals surface area contributed by atoms with Crippen LogP contribution < -0.4 is 0 Å². The van der Waals surface area contributed by atoms with E-state index in [0.29, 0.717) is 30.0 Å². The third-order valence-electron chi connectivity index (χ3n) is 7.56.